The van der Waals surface area contributed by atoms with Gasteiger partial charge >= 0.3 is 0 Å². The Balaban J connectivity index is 0.00000300. The maximum absolute atomic E-state index is 6.08. The normalized spacial score (nSPS) is 20.9. The number of aliphatic imine (C=N–C) groups is 1. The van der Waals surface area contributed by atoms with Gasteiger partial charge in [0.05, 0.1) is 25.4 Å². The highest BCUT2D eigenvalue weighted by Gasteiger charge is 2.24. The Bertz CT molecular complexity index is 611. The second-order valence-corrected chi connectivity index (χ2v) is 7.84. The molecule has 2 fully saturated rings. The molecule has 0 saturated carbocycles. The van der Waals surface area contributed by atoms with Gasteiger partial charge in [-0.15, -0.1) is 24.0 Å². The second-order valence-electron chi connectivity index (χ2n) is 7.84. The lowest BCUT2D eigenvalue weighted by atomic mass is 10.1. The van der Waals surface area contributed by atoms with E-state index in [1.165, 1.54) is 0 Å². The van der Waals surface area contributed by atoms with Gasteiger partial charge in [-0.05, 0) is 32.6 Å². The average molecular weight is 521 g/mol. The molecule has 0 aliphatic carbocycles. The summed E-state index contributed by atoms with van der Waals surface area (Å²) in [6.45, 7) is 11.2. The summed E-state index contributed by atoms with van der Waals surface area (Å²) < 4.78 is 17.0. The first-order chi connectivity index (χ1) is 13.7. The predicted octanol–water partition coefficient (Wildman–Crippen LogP) is 2.98. The number of nitrogens with one attached hydrogen (secondary N) is 1. The standard InChI is InChI=1S/C20H35N5O3.HI/c1-4-21-20(22-10-7-18-23-19(15(2)3)24-28-18)25-11-8-16(9-12-25)27-14-17-6-5-13-26-17;/h15-17H,4-14H2,1-3H3,(H,21,22);1H. The van der Waals surface area contributed by atoms with Crippen molar-refractivity contribution in [3.05, 3.63) is 11.7 Å². The van der Waals surface area contributed by atoms with Crippen molar-refractivity contribution in [3.63, 3.8) is 0 Å². The number of ether oxygens (including phenoxy) is 2. The third-order valence-electron chi connectivity index (χ3n) is 5.21. The van der Waals surface area contributed by atoms with Gasteiger partial charge in [0.1, 0.15) is 0 Å². The molecule has 0 spiro atoms. The zero-order chi connectivity index (χ0) is 19.8. The van der Waals surface area contributed by atoms with Gasteiger partial charge in [0, 0.05) is 38.6 Å². The smallest absolute Gasteiger partial charge is 0.228 e. The highest BCUT2D eigenvalue weighted by atomic mass is 127. The molecule has 0 amide bonds. The summed E-state index contributed by atoms with van der Waals surface area (Å²) >= 11 is 0. The minimum Gasteiger partial charge on any atom is -0.376 e. The maximum atomic E-state index is 6.08. The van der Waals surface area contributed by atoms with Gasteiger partial charge in [0.2, 0.25) is 5.89 Å². The minimum atomic E-state index is 0. The molecule has 2 saturated heterocycles. The molecule has 0 bridgehead atoms. The Labute approximate surface area is 191 Å². The van der Waals surface area contributed by atoms with E-state index in [0.717, 1.165) is 70.3 Å². The van der Waals surface area contributed by atoms with E-state index < -0.39 is 0 Å². The second kappa shape index (κ2) is 12.7. The third kappa shape index (κ3) is 7.67. The van der Waals surface area contributed by atoms with Crippen LogP contribution in [0.4, 0.5) is 0 Å². The van der Waals surface area contributed by atoms with Crippen LogP contribution >= 0.6 is 24.0 Å². The van der Waals surface area contributed by atoms with E-state index in [9.17, 15) is 0 Å². The summed E-state index contributed by atoms with van der Waals surface area (Å²) in [4.78, 5) is 11.5. The molecule has 1 aromatic rings. The molecule has 8 nitrogen and oxygen atoms in total. The van der Waals surface area contributed by atoms with Crippen molar-refractivity contribution < 1.29 is 14.0 Å². The van der Waals surface area contributed by atoms with Crippen LogP contribution in [-0.4, -0.2) is 72.6 Å². The molecule has 0 radical (unpaired) electrons. The van der Waals surface area contributed by atoms with E-state index >= 15 is 0 Å². The molecule has 1 unspecified atom stereocenters. The van der Waals surface area contributed by atoms with Crippen molar-refractivity contribution in [1.29, 1.82) is 0 Å². The van der Waals surface area contributed by atoms with Crippen molar-refractivity contribution in [3.8, 4) is 0 Å². The number of likely N-dealkylation sites (tertiary alicyclic amines) is 1. The van der Waals surface area contributed by atoms with Crippen molar-refractivity contribution in [2.24, 2.45) is 4.99 Å². The molecule has 3 rings (SSSR count). The first-order valence-corrected chi connectivity index (χ1v) is 10.7. The molecule has 2 aliphatic rings. The molecule has 29 heavy (non-hydrogen) atoms. The highest BCUT2D eigenvalue weighted by molar-refractivity contribution is 14.0. The molecule has 1 atom stereocenters. The summed E-state index contributed by atoms with van der Waals surface area (Å²) in [5.74, 6) is 2.66. The number of aromatic nitrogens is 2. The number of hydrogen-bond acceptors (Lipinski definition) is 6. The van der Waals surface area contributed by atoms with Gasteiger partial charge in [0.15, 0.2) is 11.8 Å². The van der Waals surface area contributed by atoms with Crippen molar-refractivity contribution in [2.45, 2.75) is 71.0 Å². The Morgan fingerprint density at radius 2 is 2.10 bits per heavy atom. The number of rotatable bonds is 8. The first-order valence-electron chi connectivity index (χ1n) is 10.7. The molecule has 3 heterocycles. The minimum absolute atomic E-state index is 0. The maximum Gasteiger partial charge on any atom is 0.228 e. The van der Waals surface area contributed by atoms with Crippen molar-refractivity contribution in [2.75, 3.05) is 39.4 Å². The Kier molecular flexibility index (Phi) is 10.6. The largest absolute Gasteiger partial charge is 0.376 e. The molecule has 0 aromatic carbocycles. The summed E-state index contributed by atoms with van der Waals surface area (Å²) in [5.41, 5.74) is 0. The molecule has 1 N–H and O–H groups in total. The monoisotopic (exact) mass is 521 g/mol. The molecular formula is C20H36IN5O3. The number of halogens is 1. The van der Waals surface area contributed by atoms with Crippen LogP contribution in [0.5, 0.6) is 0 Å². The van der Waals surface area contributed by atoms with Crippen LogP contribution in [-0.2, 0) is 15.9 Å². The van der Waals surface area contributed by atoms with E-state index in [0.29, 0.717) is 31.1 Å². The number of hydrogen-bond donors (Lipinski definition) is 1. The van der Waals surface area contributed by atoms with Crippen LogP contribution in [0.2, 0.25) is 0 Å². The van der Waals surface area contributed by atoms with Gasteiger partial charge in [0.25, 0.3) is 0 Å². The van der Waals surface area contributed by atoms with E-state index in [1.807, 2.05) is 0 Å². The molecule has 1 aromatic heterocycles. The summed E-state index contributed by atoms with van der Waals surface area (Å²) in [6.07, 6.45) is 5.65. The van der Waals surface area contributed by atoms with E-state index in [1.54, 1.807) is 0 Å². The lowest BCUT2D eigenvalue weighted by molar-refractivity contribution is -0.0367. The lowest BCUT2D eigenvalue weighted by Gasteiger charge is -2.34. The lowest BCUT2D eigenvalue weighted by Crippen LogP contribution is -2.47. The highest BCUT2D eigenvalue weighted by Crippen LogP contribution is 2.18. The molecule has 166 valence electrons. The topological polar surface area (TPSA) is 85.0 Å². The SMILES string of the molecule is CCNC(=NCCc1nc(C(C)C)no1)N1CCC(OCC2CCCO2)CC1.I. The fourth-order valence-electron chi connectivity index (χ4n) is 3.54. The quantitative estimate of drug-likeness (QED) is 0.320. The third-order valence-corrected chi connectivity index (χ3v) is 5.21. The summed E-state index contributed by atoms with van der Waals surface area (Å²) in [6, 6.07) is 0. The Morgan fingerprint density at radius 1 is 1.31 bits per heavy atom. The number of piperidine rings is 1. The van der Waals surface area contributed by atoms with Gasteiger partial charge in [-0.3, -0.25) is 4.99 Å². The van der Waals surface area contributed by atoms with Crippen LogP contribution in [0, 0.1) is 0 Å². The fraction of sp³-hybridized carbons (Fsp3) is 0.850. The molecule has 9 heteroatoms. The van der Waals surface area contributed by atoms with Crippen LogP contribution in [0.15, 0.2) is 9.52 Å². The van der Waals surface area contributed by atoms with Crippen molar-refractivity contribution >= 4 is 29.9 Å². The van der Waals surface area contributed by atoms with E-state index in [-0.39, 0.29) is 29.9 Å². The van der Waals surface area contributed by atoms with Gasteiger partial charge < -0.3 is 24.2 Å². The average Bonchev–Trinajstić information content (AvgIpc) is 3.38. The van der Waals surface area contributed by atoms with E-state index in [4.69, 9.17) is 19.0 Å². The predicted molar refractivity (Wildman–Crippen MR) is 123 cm³/mol. The number of nitrogens with zero attached hydrogens (tertiary/aromatic N) is 4. The van der Waals surface area contributed by atoms with E-state index in [2.05, 4.69) is 41.1 Å². The molecular weight excluding hydrogens is 485 g/mol. The zero-order valence-corrected chi connectivity index (χ0v) is 20.3. The molecule has 2 aliphatic heterocycles. The number of guanidine groups is 1. The summed E-state index contributed by atoms with van der Waals surface area (Å²) in [5, 5.41) is 7.41. The van der Waals surface area contributed by atoms with Crippen LogP contribution < -0.4 is 5.32 Å². The van der Waals surface area contributed by atoms with Crippen LogP contribution in [0.1, 0.15) is 64.1 Å². The fourth-order valence-corrected chi connectivity index (χ4v) is 3.54. The Morgan fingerprint density at radius 3 is 2.72 bits per heavy atom. The van der Waals surface area contributed by atoms with Crippen LogP contribution in [0.3, 0.4) is 0 Å². The van der Waals surface area contributed by atoms with Crippen LogP contribution in [0.25, 0.3) is 0 Å². The van der Waals surface area contributed by atoms with Gasteiger partial charge in [-0.1, -0.05) is 19.0 Å². The summed E-state index contributed by atoms with van der Waals surface area (Å²) in [7, 11) is 0. The first kappa shape index (κ1) is 24.3. The van der Waals surface area contributed by atoms with Gasteiger partial charge in [-0.25, -0.2) is 0 Å². The zero-order valence-electron chi connectivity index (χ0n) is 17.9. The van der Waals surface area contributed by atoms with Crippen molar-refractivity contribution in [1.82, 2.24) is 20.4 Å². The Hall–Kier alpha value is -0.940. The van der Waals surface area contributed by atoms with Gasteiger partial charge in [-0.2, -0.15) is 4.98 Å².